The molecule has 2 saturated heterocycles. The first kappa shape index (κ1) is 25.5. The summed E-state index contributed by atoms with van der Waals surface area (Å²) in [6.07, 6.45) is 3.23. The Balaban J connectivity index is 1.31. The van der Waals surface area contributed by atoms with E-state index in [0.717, 1.165) is 41.4 Å². The molecular weight excluding hydrogens is 482 g/mol. The maximum absolute atomic E-state index is 12.2. The molecule has 4 rings (SSSR count). The Hall–Kier alpha value is -3.55. The van der Waals surface area contributed by atoms with Gasteiger partial charge in [0, 0.05) is 37.4 Å². The van der Waals surface area contributed by atoms with E-state index in [2.05, 4.69) is 17.0 Å². The van der Waals surface area contributed by atoms with Gasteiger partial charge in [0.05, 0.1) is 44.5 Å². The van der Waals surface area contributed by atoms with Crippen LogP contribution in [0.4, 0.5) is 5.00 Å². The van der Waals surface area contributed by atoms with Crippen LogP contribution >= 0.6 is 11.3 Å². The van der Waals surface area contributed by atoms with Gasteiger partial charge in [-0.25, -0.2) is 0 Å². The largest absolute Gasteiger partial charge is 0.493 e. The number of rotatable bonds is 9. The lowest BCUT2D eigenvalue weighted by Crippen LogP contribution is -2.38. The first-order valence-electron chi connectivity index (χ1n) is 11.7. The van der Waals surface area contributed by atoms with Gasteiger partial charge in [-0.15, -0.1) is 11.3 Å². The second-order valence-electron chi connectivity index (χ2n) is 8.56. The van der Waals surface area contributed by atoms with Gasteiger partial charge in [-0.2, -0.15) is 5.26 Å². The van der Waals surface area contributed by atoms with Gasteiger partial charge in [-0.05, 0) is 42.0 Å². The minimum atomic E-state index is -0.320. The van der Waals surface area contributed by atoms with Crippen LogP contribution in [0.1, 0.15) is 23.3 Å². The number of nitrogens with zero attached hydrogens (tertiary/aromatic N) is 3. The summed E-state index contributed by atoms with van der Waals surface area (Å²) >= 11 is 1.62. The number of piperidine rings is 1. The molecule has 10 heteroatoms. The lowest BCUT2D eigenvalue weighted by molar-refractivity contribution is -0.150. The summed E-state index contributed by atoms with van der Waals surface area (Å²) in [5, 5.41) is 10.8. The molecule has 3 heterocycles. The van der Waals surface area contributed by atoms with Gasteiger partial charge < -0.3 is 23.8 Å². The zero-order valence-corrected chi connectivity index (χ0v) is 21.4. The van der Waals surface area contributed by atoms with E-state index >= 15 is 0 Å². The molecule has 2 aromatic rings. The molecule has 0 spiro atoms. The van der Waals surface area contributed by atoms with E-state index in [1.165, 1.54) is 7.11 Å². The molecule has 0 bridgehead atoms. The van der Waals surface area contributed by atoms with Crippen molar-refractivity contribution in [2.75, 3.05) is 52.4 Å². The second-order valence-corrected chi connectivity index (χ2v) is 9.65. The highest BCUT2D eigenvalue weighted by Crippen LogP contribution is 2.34. The Morgan fingerprint density at radius 2 is 1.86 bits per heavy atom. The summed E-state index contributed by atoms with van der Waals surface area (Å²) in [4.78, 5) is 28.7. The summed E-state index contributed by atoms with van der Waals surface area (Å²) in [5.41, 5.74) is 1.30. The number of carbonyl (C=O) groups excluding carboxylic acids is 2. The van der Waals surface area contributed by atoms with E-state index in [9.17, 15) is 14.9 Å². The van der Waals surface area contributed by atoms with Crippen molar-refractivity contribution in [2.45, 2.75) is 25.0 Å². The molecule has 2 atom stereocenters. The molecule has 2 aliphatic heterocycles. The lowest BCUT2D eigenvalue weighted by atomic mass is 10.1. The summed E-state index contributed by atoms with van der Waals surface area (Å²) in [6.45, 7) is 2.20. The summed E-state index contributed by atoms with van der Waals surface area (Å²) < 4.78 is 21.0. The number of hydrogen-bond acceptors (Lipinski definition) is 10. The Kier molecular flexibility index (Phi) is 8.13. The Bertz CT molecular complexity index is 1180. The van der Waals surface area contributed by atoms with Crippen LogP contribution in [0.3, 0.4) is 0 Å². The first-order valence-corrected chi connectivity index (χ1v) is 12.5. The number of nitriles is 1. The van der Waals surface area contributed by atoms with Crippen molar-refractivity contribution in [1.29, 1.82) is 5.26 Å². The van der Waals surface area contributed by atoms with Gasteiger partial charge in [0.1, 0.15) is 12.1 Å². The van der Waals surface area contributed by atoms with Crippen LogP contribution in [0, 0.1) is 11.3 Å². The van der Waals surface area contributed by atoms with Crippen LogP contribution in [0.15, 0.2) is 30.3 Å². The first-order chi connectivity index (χ1) is 17.4. The smallest absolute Gasteiger partial charge is 0.324 e. The van der Waals surface area contributed by atoms with Crippen LogP contribution in [-0.2, 0) is 19.1 Å². The normalized spacial score (nSPS) is 19.8. The number of benzene rings is 1. The average molecular weight is 512 g/mol. The van der Waals surface area contributed by atoms with E-state index in [4.69, 9.17) is 18.9 Å². The maximum atomic E-state index is 12.2. The molecule has 2 fully saturated rings. The van der Waals surface area contributed by atoms with E-state index < -0.39 is 0 Å². The molecule has 0 N–H and O–H groups in total. The van der Waals surface area contributed by atoms with E-state index in [1.807, 2.05) is 18.2 Å². The molecule has 36 heavy (non-hydrogen) atoms. The van der Waals surface area contributed by atoms with Crippen molar-refractivity contribution < 1.29 is 28.5 Å². The van der Waals surface area contributed by atoms with Crippen LogP contribution < -0.4 is 14.4 Å². The number of methoxy groups -OCH3 is 3. The molecule has 0 amide bonds. The monoisotopic (exact) mass is 511 g/mol. The van der Waals surface area contributed by atoms with Crippen LogP contribution in [0.5, 0.6) is 11.5 Å². The summed E-state index contributed by atoms with van der Waals surface area (Å²) in [6, 6.07) is 11.4. The average Bonchev–Trinajstić information content (AvgIpc) is 3.50. The molecule has 190 valence electrons. The third-order valence-electron chi connectivity index (χ3n) is 6.29. The zero-order valence-electron chi connectivity index (χ0n) is 20.6. The molecule has 9 nitrogen and oxygen atoms in total. The second kappa shape index (κ2) is 11.5. The zero-order chi connectivity index (χ0) is 25.7. The van der Waals surface area contributed by atoms with Crippen molar-refractivity contribution in [3.63, 3.8) is 0 Å². The van der Waals surface area contributed by atoms with Gasteiger partial charge in [-0.3, -0.25) is 14.5 Å². The van der Waals surface area contributed by atoms with Crippen molar-refractivity contribution in [2.24, 2.45) is 0 Å². The number of allylic oxidation sites excluding steroid dienone is 1. The molecule has 2 aliphatic rings. The van der Waals surface area contributed by atoms with E-state index in [-0.39, 0.29) is 30.6 Å². The highest BCUT2D eigenvalue weighted by Gasteiger charge is 2.43. The predicted octanol–water partition coefficient (Wildman–Crippen LogP) is 3.20. The molecule has 0 aliphatic carbocycles. The standard InChI is InChI=1S/C26H29N3O6S/c1-32-22-6-4-17(13-23(22)33-2)18(14-27)12-20-5-7-24(36-20)28-10-8-19(9-11-28)35-25(30)16-29-15-21(29)26(31)34-3/h4-7,12-13,19,21H,8-11,15-16H2,1-3H3. The van der Waals surface area contributed by atoms with Gasteiger partial charge in [0.15, 0.2) is 11.5 Å². The van der Waals surface area contributed by atoms with E-state index in [0.29, 0.717) is 23.6 Å². The van der Waals surface area contributed by atoms with Crippen LogP contribution in [0.25, 0.3) is 11.6 Å². The fourth-order valence-electron chi connectivity index (χ4n) is 4.21. The van der Waals surface area contributed by atoms with Crippen molar-refractivity contribution in [3.8, 4) is 17.6 Å². The third kappa shape index (κ3) is 5.98. The number of ether oxygens (including phenoxy) is 4. The van der Waals surface area contributed by atoms with Gasteiger partial charge in [-0.1, -0.05) is 0 Å². The molecule has 1 aromatic carbocycles. The minimum absolute atomic E-state index is 0.113. The highest BCUT2D eigenvalue weighted by atomic mass is 32.1. The van der Waals surface area contributed by atoms with E-state index in [1.54, 1.807) is 42.6 Å². The number of carbonyl (C=O) groups is 2. The van der Waals surface area contributed by atoms with Crippen molar-refractivity contribution in [3.05, 3.63) is 40.8 Å². The highest BCUT2D eigenvalue weighted by molar-refractivity contribution is 7.17. The van der Waals surface area contributed by atoms with Gasteiger partial charge >= 0.3 is 11.9 Å². The van der Waals surface area contributed by atoms with Gasteiger partial charge in [0.2, 0.25) is 0 Å². The SMILES string of the molecule is COC(=O)C1CN1CC(=O)OC1CCN(c2ccc(C=C(C#N)c3ccc(OC)c(OC)c3)s2)CC1. The minimum Gasteiger partial charge on any atom is -0.493 e. The fraction of sp³-hybridized carbons (Fsp3) is 0.423. The summed E-state index contributed by atoms with van der Waals surface area (Å²) in [5.74, 6) is 0.570. The number of esters is 2. The van der Waals surface area contributed by atoms with Crippen LogP contribution in [-0.4, -0.2) is 76.5 Å². The maximum Gasteiger partial charge on any atom is 0.324 e. The predicted molar refractivity (Wildman–Crippen MR) is 136 cm³/mol. The quantitative estimate of drug-likeness (QED) is 0.285. The van der Waals surface area contributed by atoms with Crippen molar-refractivity contribution >= 4 is 39.9 Å². The Labute approximate surface area is 214 Å². The third-order valence-corrected chi connectivity index (χ3v) is 7.38. The topological polar surface area (TPSA) is 101 Å². The lowest BCUT2D eigenvalue weighted by Gasteiger charge is -2.32. The number of anilines is 1. The fourth-order valence-corrected chi connectivity index (χ4v) is 5.21. The molecule has 1 aromatic heterocycles. The summed E-state index contributed by atoms with van der Waals surface area (Å²) in [7, 11) is 4.49. The molecular formula is C26H29N3O6S. The molecule has 0 saturated carbocycles. The number of thiophene rings is 1. The van der Waals surface area contributed by atoms with Gasteiger partial charge in [0.25, 0.3) is 0 Å². The molecule has 2 unspecified atom stereocenters. The Morgan fingerprint density at radius 1 is 1.11 bits per heavy atom. The van der Waals surface area contributed by atoms with Crippen LogP contribution in [0.2, 0.25) is 0 Å². The molecule has 0 radical (unpaired) electrons. The Morgan fingerprint density at radius 3 is 2.53 bits per heavy atom. The van der Waals surface area contributed by atoms with Crippen molar-refractivity contribution in [1.82, 2.24) is 4.90 Å². The number of hydrogen-bond donors (Lipinski definition) is 0.